The molecule has 5 heteroatoms. The number of nitriles is 1. The van der Waals surface area contributed by atoms with E-state index in [1.807, 2.05) is 19.2 Å². The molecule has 3 aliphatic rings. The molecule has 5 nitrogen and oxygen atoms in total. The van der Waals surface area contributed by atoms with E-state index in [1.54, 1.807) is 0 Å². The van der Waals surface area contributed by atoms with Gasteiger partial charge in [0.15, 0.2) is 5.84 Å². The summed E-state index contributed by atoms with van der Waals surface area (Å²) in [4.78, 5) is 12.3. The third-order valence-electron chi connectivity index (χ3n) is 7.69. The highest BCUT2D eigenvalue weighted by Gasteiger charge is 2.44. The molecule has 2 N–H and O–H groups in total. The van der Waals surface area contributed by atoms with E-state index in [4.69, 9.17) is 10.7 Å². The molecule has 0 radical (unpaired) electrons. The minimum atomic E-state index is -0.207. The van der Waals surface area contributed by atoms with Gasteiger partial charge in [-0.2, -0.15) is 5.26 Å². The number of benzene rings is 1. The van der Waals surface area contributed by atoms with Crippen LogP contribution in [0.2, 0.25) is 0 Å². The van der Waals surface area contributed by atoms with Gasteiger partial charge in [-0.05, 0) is 48.9 Å². The smallest absolute Gasteiger partial charge is 0.154 e. The molecule has 0 bridgehead atoms. The van der Waals surface area contributed by atoms with Crippen molar-refractivity contribution in [1.82, 2.24) is 4.90 Å². The molecular formula is C29H37N5. The lowest BCUT2D eigenvalue weighted by atomic mass is 9.81. The fourth-order valence-electron chi connectivity index (χ4n) is 5.91. The van der Waals surface area contributed by atoms with Gasteiger partial charge in [-0.1, -0.05) is 55.8 Å². The maximum Gasteiger partial charge on any atom is 0.154 e. The van der Waals surface area contributed by atoms with Crippen LogP contribution in [0.15, 0.2) is 64.6 Å². The van der Waals surface area contributed by atoms with Crippen LogP contribution in [0.4, 0.5) is 0 Å². The summed E-state index contributed by atoms with van der Waals surface area (Å²) in [5.41, 5.74) is 12.2. The summed E-state index contributed by atoms with van der Waals surface area (Å²) in [6.45, 7) is 9.96. The minimum Gasteiger partial charge on any atom is -0.329 e. The predicted octanol–water partition coefficient (Wildman–Crippen LogP) is 4.59. The summed E-state index contributed by atoms with van der Waals surface area (Å²) in [6, 6.07) is 9.08. The van der Waals surface area contributed by atoms with Gasteiger partial charge in [0.05, 0.1) is 12.0 Å². The molecule has 2 aliphatic carbocycles. The number of nitrogens with zero attached hydrogens (tertiary/aromatic N) is 4. The average Bonchev–Trinajstić information content (AvgIpc) is 3.45. The summed E-state index contributed by atoms with van der Waals surface area (Å²) in [6.07, 6.45) is 13.3. The van der Waals surface area contributed by atoms with Gasteiger partial charge in [0.25, 0.3) is 0 Å². The molecule has 178 valence electrons. The van der Waals surface area contributed by atoms with Gasteiger partial charge in [-0.15, -0.1) is 6.58 Å². The highest BCUT2D eigenvalue weighted by molar-refractivity contribution is 6.14. The van der Waals surface area contributed by atoms with E-state index in [0.717, 1.165) is 68.1 Å². The Labute approximate surface area is 204 Å². The Balaban J connectivity index is 1.68. The average molecular weight is 456 g/mol. The van der Waals surface area contributed by atoms with E-state index in [1.165, 1.54) is 24.0 Å². The molecule has 0 saturated carbocycles. The molecule has 1 heterocycles. The fourth-order valence-corrected chi connectivity index (χ4v) is 5.91. The van der Waals surface area contributed by atoms with Crippen LogP contribution in [-0.2, 0) is 11.8 Å². The Morgan fingerprint density at radius 3 is 2.94 bits per heavy atom. The van der Waals surface area contributed by atoms with E-state index < -0.39 is 0 Å². The van der Waals surface area contributed by atoms with Crippen molar-refractivity contribution >= 4 is 11.5 Å². The topological polar surface area (TPSA) is 77.8 Å². The fraction of sp³-hybridized carbons (Fsp3) is 0.483. The van der Waals surface area contributed by atoms with Crippen molar-refractivity contribution in [2.45, 2.75) is 44.4 Å². The van der Waals surface area contributed by atoms with Crippen LogP contribution < -0.4 is 5.73 Å². The lowest BCUT2D eigenvalue weighted by Crippen LogP contribution is -2.32. The van der Waals surface area contributed by atoms with Gasteiger partial charge < -0.3 is 10.6 Å². The molecule has 0 amide bonds. The summed E-state index contributed by atoms with van der Waals surface area (Å²) < 4.78 is 0. The molecule has 1 saturated heterocycles. The van der Waals surface area contributed by atoms with Crippen molar-refractivity contribution in [3.8, 4) is 6.07 Å². The van der Waals surface area contributed by atoms with E-state index in [0.29, 0.717) is 0 Å². The maximum absolute atomic E-state index is 9.64. The van der Waals surface area contributed by atoms with Crippen molar-refractivity contribution in [2.75, 3.05) is 33.2 Å². The van der Waals surface area contributed by atoms with Gasteiger partial charge >= 0.3 is 0 Å². The molecule has 34 heavy (non-hydrogen) atoms. The first-order valence-corrected chi connectivity index (χ1v) is 12.6. The zero-order chi connectivity index (χ0) is 24.1. The first kappa shape index (κ1) is 24.3. The van der Waals surface area contributed by atoms with Crippen LogP contribution >= 0.6 is 0 Å². The van der Waals surface area contributed by atoms with Crippen molar-refractivity contribution in [2.24, 2.45) is 27.6 Å². The number of allylic oxidation sites excluding steroid dienone is 5. The molecule has 1 fully saturated rings. The first-order chi connectivity index (χ1) is 16.6. The Kier molecular flexibility index (Phi) is 7.60. The molecule has 3 unspecified atom stereocenters. The molecular weight excluding hydrogens is 418 g/mol. The number of rotatable bonds is 7. The molecule has 4 rings (SSSR count). The van der Waals surface area contributed by atoms with Crippen LogP contribution in [0, 0.1) is 23.2 Å². The largest absolute Gasteiger partial charge is 0.329 e. The highest BCUT2D eigenvalue weighted by atomic mass is 15.2. The van der Waals surface area contributed by atoms with Crippen molar-refractivity contribution in [1.29, 1.82) is 5.26 Å². The van der Waals surface area contributed by atoms with Crippen LogP contribution in [0.5, 0.6) is 0 Å². The summed E-state index contributed by atoms with van der Waals surface area (Å²) in [7, 11) is 1.84. The highest BCUT2D eigenvalue weighted by Crippen LogP contribution is 2.46. The van der Waals surface area contributed by atoms with Gasteiger partial charge in [0.2, 0.25) is 0 Å². The van der Waals surface area contributed by atoms with Crippen LogP contribution in [-0.4, -0.2) is 49.7 Å². The van der Waals surface area contributed by atoms with E-state index in [2.05, 4.69) is 59.8 Å². The molecule has 3 atom stereocenters. The number of hydrogen-bond acceptors (Lipinski definition) is 4. The summed E-state index contributed by atoms with van der Waals surface area (Å²) >= 11 is 0. The molecule has 1 spiro atoms. The Morgan fingerprint density at radius 1 is 1.38 bits per heavy atom. The summed E-state index contributed by atoms with van der Waals surface area (Å²) in [5, 5.41) is 9.64. The van der Waals surface area contributed by atoms with Crippen LogP contribution in [0.25, 0.3) is 0 Å². The second-order valence-corrected chi connectivity index (χ2v) is 9.73. The zero-order valence-electron chi connectivity index (χ0n) is 20.6. The SMILES string of the molecule is C=CC1C=CC(/C(CCC)=N/C(=N\C)c2cccc3c2CCC32CCN(CCN)C2)=CC1C#N. The second kappa shape index (κ2) is 10.6. The molecule has 0 aromatic heterocycles. The molecule has 1 aromatic carbocycles. The predicted molar refractivity (Wildman–Crippen MR) is 141 cm³/mol. The third kappa shape index (κ3) is 4.58. The molecule has 1 aliphatic heterocycles. The van der Waals surface area contributed by atoms with E-state index in [9.17, 15) is 5.26 Å². The van der Waals surface area contributed by atoms with E-state index >= 15 is 0 Å². The molecule has 1 aromatic rings. The second-order valence-electron chi connectivity index (χ2n) is 9.73. The van der Waals surface area contributed by atoms with Crippen LogP contribution in [0.3, 0.4) is 0 Å². The minimum absolute atomic E-state index is 0.0507. The van der Waals surface area contributed by atoms with Gasteiger partial charge in [-0.25, -0.2) is 4.99 Å². The quantitative estimate of drug-likeness (QED) is 0.371. The number of fused-ring (bicyclic) bond motifs is 2. The number of amidine groups is 1. The Morgan fingerprint density at radius 2 is 2.24 bits per heavy atom. The van der Waals surface area contributed by atoms with Gasteiger partial charge in [0, 0.05) is 49.3 Å². The van der Waals surface area contributed by atoms with Gasteiger partial charge in [-0.3, -0.25) is 4.99 Å². The Bertz CT molecular complexity index is 1090. The van der Waals surface area contributed by atoms with Gasteiger partial charge in [0.1, 0.15) is 0 Å². The van der Waals surface area contributed by atoms with Crippen LogP contribution in [0.1, 0.15) is 49.3 Å². The van der Waals surface area contributed by atoms with E-state index in [-0.39, 0.29) is 17.3 Å². The normalized spacial score (nSPS) is 27.1. The standard InChI is InChI=1S/C29H37N5/c1-4-7-27(22-11-10-21(5-2)23(18-22)19-31)33-28(32-3)25-8-6-9-26-24(25)12-13-29(26)14-16-34(20-29)17-15-30/h5-6,8-11,18,21,23H,2,4,7,12-17,20,30H2,1,3H3/b32-28-,33-27+. The monoisotopic (exact) mass is 455 g/mol. The van der Waals surface area contributed by atoms with Crippen molar-refractivity contribution in [3.63, 3.8) is 0 Å². The number of likely N-dealkylation sites (tertiary alicyclic amines) is 1. The third-order valence-corrected chi connectivity index (χ3v) is 7.69. The zero-order valence-corrected chi connectivity index (χ0v) is 20.6. The lowest BCUT2D eigenvalue weighted by molar-refractivity contribution is 0.316. The number of nitrogens with two attached hydrogens (primary N) is 1. The lowest BCUT2D eigenvalue weighted by Gasteiger charge is -2.26. The van der Waals surface area contributed by atoms with Crippen molar-refractivity contribution in [3.05, 3.63) is 71.3 Å². The summed E-state index contributed by atoms with van der Waals surface area (Å²) in [5.74, 6) is 0.638. The maximum atomic E-state index is 9.64. The number of aliphatic imine (C=N–C) groups is 2. The number of hydrogen-bond donors (Lipinski definition) is 1. The van der Waals surface area contributed by atoms with Crippen molar-refractivity contribution < 1.29 is 0 Å². The first-order valence-electron chi connectivity index (χ1n) is 12.6. The Hall–Kier alpha value is -2.81.